The molecule has 1 atom stereocenters. The molecule has 1 amide bonds. The zero-order valence-corrected chi connectivity index (χ0v) is 17.3. The molecule has 2 aromatic carbocycles. The molecule has 3 aromatic rings. The molecular formula is C20H17Cl2N3O2S. The van der Waals surface area contributed by atoms with E-state index in [9.17, 15) is 4.79 Å². The minimum absolute atomic E-state index is 0.278. The Morgan fingerprint density at radius 1 is 1.29 bits per heavy atom. The number of ether oxygens (including phenoxy) is 1. The highest BCUT2D eigenvalue weighted by atomic mass is 35.5. The van der Waals surface area contributed by atoms with Crippen LogP contribution in [-0.2, 0) is 11.3 Å². The van der Waals surface area contributed by atoms with Crippen molar-refractivity contribution in [1.82, 2.24) is 9.55 Å². The number of rotatable bonds is 5. The van der Waals surface area contributed by atoms with Crippen LogP contribution >= 0.6 is 35.0 Å². The molecule has 0 spiro atoms. The number of hydrogen-bond acceptors (Lipinski definition) is 4. The van der Waals surface area contributed by atoms with Crippen molar-refractivity contribution in [2.24, 2.45) is 0 Å². The summed E-state index contributed by atoms with van der Waals surface area (Å²) in [5.41, 5.74) is 2.40. The number of thioether (sulfide) groups is 1. The Morgan fingerprint density at radius 3 is 2.89 bits per heavy atom. The van der Waals surface area contributed by atoms with Crippen molar-refractivity contribution in [3.63, 3.8) is 0 Å². The minimum Gasteiger partial charge on any atom is -0.479 e. The van der Waals surface area contributed by atoms with Gasteiger partial charge in [-0.2, -0.15) is 0 Å². The van der Waals surface area contributed by atoms with Crippen molar-refractivity contribution < 1.29 is 9.53 Å². The van der Waals surface area contributed by atoms with Gasteiger partial charge in [0.1, 0.15) is 5.75 Å². The van der Waals surface area contributed by atoms with Crippen LogP contribution in [-0.4, -0.2) is 27.3 Å². The lowest BCUT2D eigenvalue weighted by molar-refractivity contribution is -0.122. The third kappa shape index (κ3) is 3.99. The van der Waals surface area contributed by atoms with Crippen LogP contribution in [0, 0.1) is 0 Å². The number of fused-ring (bicyclic) bond motifs is 1. The smallest absolute Gasteiger partial charge is 0.265 e. The Balaban J connectivity index is 1.51. The van der Waals surface area contributed by atoms with E-state index in [1.807, 2.05) is 30.5 Å². The van der Waals surface area contributed by atoms with Gasteiger partial charge in [-0.05, 0) is 31.2 Å². The molecule has 0 saturated carbocycles. The molecule has 5 nitrogen and oxygen atoms in total. The van der Waals surface area contributed by atoms with Gasteiger partial charge in [0.15, 0.2) is 11.3 Å². The summed E-state index contributed by atoms with van der Waals surface area (Å²) in [7, 11) is 0. The Morgan fingerprint density at radius 2 is 2.11 bits per heavy atom. The maximum atomic E-state index is 12.7. The Labute approximate surface area is 177 Å². The number of carbonyl (C=O) groups excluding carboxylic acids is 1. The number of benzene rings is 2. The number of para-hydroxylation sites is 1. The number of hydrogen-bond donors (Lipinski definition) is 1. The maximum absolute atomic E-state index is 12.7. The highest BCUT2D eigenvalue weighted by molar-refractivity contribution is 7.99. The zero-order chi connectivity index (χ0) is 19.7. The molecule has 0 radical (unpaired) electrons. The van der Waals surface area contributed by atoms with Crippen molar-refractivity contribution in [1.29, 1.82) is 0 Å². The second-order valence-electron chi connectivity index (χ2n) is 6.32. The molecule has 1 unspecified atom stereocenters. The highest BCUT2D eigenvalue weighted by Crippen LogP contribution is 2.33. The first kappa shape index (κ1) is 19.2. The molecule has 1 aliphatic rings. The summed E-state index contributed by atoms with van der Waals surface area (Å²) in [6.07, 6.45) is 1.28. The second kappa shape index (κ2) is 8.07. The maximum Gasteiger partial charge on any atom is 0.265 e. The molecule has 1 aromatic heterocycles. The normalized spacial score (nSPS) is 13.8. The molecular weight excluding hydrogens is 417 g/mol. The van der Waals surface area contributed by atoms with E-state index in [2.05, 4.69) is 14.9 Å². The molecule has 0 aliphatic carbocycles. The van der Waals surface area contributed by atoms with E-state index in [4.69, 9.17) is 27.9 Å². The number of nitrogens with zero attached hydrogens (tertiary/aromatic N) is 2. The average molecular weight is 434 g/mol. The number of halogens is 2. The van der Waals surface area contributed by atoms with Gasteiger partial charge >= 0.3 is 0 Å². The van der Waals surface area contributed by atoms with Crippen LogP contribution in [0.3, 0.4) is 0 Å². The van der Waals surface area contributed by atoms with E-state index in [1.165, 1.54) is 0 Å². The van der Waals surface area contributed by atoms with Crippen LogP contribution < -0.4 is 10.1 Å². The van der Waals surface area contributed by atoms with Crippen LogP contribution in [0.15, 0.2) is 53.8 Å². The van der Waals surface area contributed by atoms with Gasteiger partial charge in [0.2, 0.25) is 0 Å². The van der Waals surface area contributed by atoms with Crippen LogP contribution in [0.5, 0.6) is 5.75 Å². The molecule has 2 heterocycles. The van der Waals surface area contributed by atoms with Gasteiger partial charge < -0.3 is 14.6 Å². The Hall–Kier alpha value is -2.15. The minimum atomic E-state index is -0.741. The summed E-state index contributed by atoms with van der Waals surface area (Å²) in [4.78, 5) is 17.4. The van der Waals surface area contributed by atoms with Gasteiger partial charge in [0, 0.05) is 29.1 Å². The summed E-state index contributed by atoms with van der Waals surface area (Å²) < 4.78 is 7.84. The summed E-state index contributed by atoms with van der Waals surface area (Å²) in [5.74, 6) is 1.17. The third-order valence-electron chi connectivity index (χ3n) is 4.33. The van der Waals surface area contributed by atoms with Crippen molar-refractivity contribution in [3.05, 3.63) is 58.7 Å². The largest absolute Gasteiger partial charge is 0.479 e. The van der Waals surface area contributed by atoms with Gasteiger partial charge in [-0.25, -0.2) is 4.98 Å². The second-order valence-corrected chi connectivity index (χ2v) is 8.23. The first-order valence-corrected chi connectivity index (χ1v) is 10.5. The van der Waals surface area contributed by atoms with Crippen LogP contribution in [0.1, 0.15) is 6.92 Å². The molecule has 0 fully saturated rings. The number of amides is 1. The summed E-state index contributed by atoms with van der Waals surface area (Å²) >= 11 is 13.8. The molecule has 8 heteroatoms. The number of imidazole rings is 1. The lowest BCUT2D eigenvalue weighted by atomic mass is 10.1. The number of aryl methyl sites for hydroxylation is 1. The van der Waals surface area contributed by atoms with Crippen molar-refractivity contribution in [2.75, 3.05) is 11.1 Å². The summed E-state index contributed by atoms with van der Waals surface area (Å²) in [6.45, 7) is 2.62. The van der Waals surface area contributed by atoms with E-state index in [-0.39, 0.29) is 5.91 Å². The van der Waals surface area contributed by atoms with Gasteiger partial charge in [-0.15, -0.1) is 0 Å². The van der Waals surface area contributed by atoms with E-state index < -0.39 is 6.10 Å². The van der Waals surface area contributed by atoms with Gasteiger partial charge in [-0.3, -0.25) is 4.79 Å². The van der Waals surface area contributed by atoms with Gasteiger partial charge in [0.25, 0.3) is 5.91 Å². The van der Waals surface area contributed by atoms with E-state index in [1.54, 1.807) is 36.9 Å². The quantitative estimate of drug-likeness (QED) is 0.587. The SMILES string of the molecule is CC(Oc1ccc(Cl)cc1Cl)C(=O)Nc1ccccc1-c1cn2c(n1)SCC2. The van der Waals surface area contributed by atoms with Crippen molar-refractivity contribution in [2.45, 2.75) is 24.7 Å². The fourth-order valence-electron chi connectivity index (χ4n) is 2.90. The van der Waals surface area contributed by atoms with E-state index in [0.717, 1.165) is 28.7 Å². The monoisotopic (exact) mass is 433 g/mol. The van der Waals surface area contributed by atoms with Crippen LogP contribution in [0.25, 0.3) is 11.3 Å². The standard InChI is InChI=1S/C20H17Cl2N3O2S/c1-12(27-18-7-6-13(21)10-15(18)22)19(26)23-16-5-3-2-4-14(16)17-11-25-8-9-28-20(25)24-17/h2-7,10-12H,8-9H2,1H3,(H,23,26). The third-order valence-corrected chi connectivity index (χ3v) is 5.83. The van der Waals surface area contributed by atoms with Crippen molar-refractivity contribution in [3.8, 4) is 17.0 Å². The van der Waals surface area contributed by atoms with Gasteiger partial charge in [-0.1, -0.05) is 53.2 Å². The molecule has 28 heavy (non-hydrogen) atoms. The first-order valence-electron chi connectivity index (χ1n) is 8.73. The van der Waals surface area contributed by atoms with Gasteiger partial charge in [0.05, 0.1) is 16.4 Å². The highest BCUT2D eigenvalue weighted by Gasteiger charge is 2.20. The fourth-order valence-corrected chi connectivity index (χ4v) is 4.30. The predicted molar refractivity (Wildman–Crippen MR) is 114 cm³/mol. The van der Waals surface area contributed by atoms with Crippen LogP contribution in [0.4, 0.5) is 5.69 Å². The predicted octanol–water partition coefficient (Wildman–Crippen LogP) is 5.37. The average Bonchev–Trinajstić information content (AvgIpc) is 3.26. The number of nitrogens with one attached hydrogen (secondary N) is 1. The van der Waals surface area contributed by atoms with Crippen LogP contribution in [0.2, 0.25) is 10.0 Å². The lowest BCUT2D eigenvalue weighted by Gasteiger charge is -2.17. The molecule has 144 valence electrons. The Kier molecular flexibility index (Phi) is 5.53. The summed E-state index contributed by atoms with van der Waals surface area (Å²) in [6, 6.07) is 12.5. The molecule has 1 aliphatic heterocycles. The fraction of sp³-hybridized carbons (Fsp3) is 0.200. The zero-order valence-electron chi connectivity index (χ0n) is 15.0. The topological polar surface area (TPSA) is 56.1 Å². The number of anilines is 1. The van der Waals surface area contributed by atoms with Crippen molar-refractivity contribution >= 4 is 46.6 Å². The first-order chi connectivity index (χ1) is 13.5. The molecule has 4 rings (SSSR count). The van der Waals surface area contributed by atoms with E-state index in [0.29, 0.717) is 21.5 Å². The van der Waals surface area contributed by atoms with E-state index >= 15 is 0 Å². The number of carbonyl (C=O) groups is 1. The summed E-state index contributed by atoms with van der Waals surface area (Å²) in [5, 5.41) is 4.81. The number of aromatic nitrogens is 2. The molecule has 0 saturated heterocycles. The lowest BCUT2D eigenvalue weighted by Crippen LogP contribution is -2.30. The molecule has 1 N–H and O–H groups in total. The molecule has 0 bridgehead atoms. The Bertz CT molecular complexity index is 1020.